The highest BCUT2D eigenvalue weighted by molar-refractivity contribution is 5.68. The second-order valence-corrected chi connectivity index (χ2v) is 8.90. The summed E-state index contributed by atoms with van der Waals surface area (Å²) in [6.45, 7) is 6.68. The summed E-state index contributed by atoms with van der Waals surface area (Å²) < 4.78 is 11.3. The van der Waals surface area contributed by atoms with Crippen molar-refractivity contribution < 1.29 is 19.4 Å². The number of unbranched alkanes of at least 4 members (excludes halogenated alkanes) is 2. The molecule has 156 valence electrons. The van der Waals surface area contributed by atoms with Gasteiger partial charge in [0.2, 0.25) is 0 Å². The predicted octanol–water partition coefficient (Wildman–Crippen LogP) is 5.04. The van der Waals surface area contributed by atoms with Gasteiger partial charge in [0.25, 0.3) is 0 Å². The Kier molecular flexibility index (Phi) is 8.81. The zero-order chi connectivity index (χ0) is 19.9. The molecule has 1 heterocycles. The summed E-state index contributed by atoms with van der Waals surface area (Å²) in [4.78, 5) is 11.3. The third-order valence-electron chi connectivity index (χ3n) is 6.85. The Morgan fingerprint density at radius 1 is 1.30 bits per heavy atom. The lowest BCUT2D eigenvalue weighted by Gasteiger charge is -2.32. The number of hydrogen-bond acceptors (Lipinski definition) is 4. The summed E-state index contributed by atoms with van der Waals surface area (Å²) >= 11 is 0. The summed E-state index contributed by atoms with van der Waals surface area (Å²) in [5, 5.41) is 10.2. The SMILES string of the molecule is CCCCC[C@H](O)/C=C/[C@H]1CC[C@@H]2OC(C)(C(C)CCCC(=O)OC)C[C@@H]21. The summed E-state index contributed by atoms with van der Waals surface area (Å²) in [6, 6.07) is 0. The van der Waals surface area contributed by atoms with E-state index in [-0.39, 0.29) is 17.7 Å². The second-order valence-electron chi connectivity index (χ2n) is 8.90. The van der Waals surface area contributed by atoms with Crippen LogP contribution in [0.2, 0.25) is 0 Å². The Hall–Kier alpha value is -0.870. The van der Waals surface area contributed by atoms with Crippen LogP contribution in [-0.2, 0) is 14.3 Å². The van der Waals surface area contributed by atoms with Gasteiger partial charge < -0.3 is 14.6 Å². The zero-order valence-electron chi connectivity index (χ0n) is 17.8. The third-order valence-corrected chi connectivity index (χ3v) is 6.85. The number of ether oxygens (including phenoxy) is 2. The minimum Gasteiger partial charge on any atom is -0.469 e. The fourth-order valence-electron chi connectivity index (χ4n) is 4.84. The van der Waals surface area contributed by atoms with Gasteiger partial charge >= 0.3 is 5.97 Å². The number of esters is 1. The molecular weight excluding hydrogens is 340 g/mol. The number of rotatable bonds is 11. The maximum atomic E-state index is 11.3. The average Bonchev–Trinajstić information content (AvgIpc) is 3.17. The molecule has 0 aromatic heterocycles. The normalized spacial score (nSPS) is 32.6. The van der Waals surface area contributed by atoms with Crippen molar-refractivity contribution in [3.8, 4) is 0 Å². The van der Waals surface area contributed by atoms with Crippen molar-refractivity contribution in [1.29, 1.82) is 0 Å². The first kappa shape index (κ1) is 22.4. The van der Waals surface area contributed by atoms with Gasteiger partial charge in [0, 0.05) is 6.42 Å². The molecule has 0 spiro atoms. The van der Waals surface area contributed by atoms with Crippen molar-refractivity contribution in [3.05, 3.63) is 12.2 Å². The molecule has 4 nitrogen and oxygen atoms in total. The van der Waals surface area contributed by atoms with E-state index in [1.54, 1.807) is 0 Å². The first-order valence-corrected chi connectivity index (χ1v) is 11.0. The molecule has 1 N–H and O–H groups in total. The molecule has 0 aromatic rings. The molecule has 0 amide bonds. The van der Waals surface area contributed by atoms with Gasteiger partial charge in [-0.05, 0) is 63.2 Å². The maximum absolute atomic E-state index is 11.3. The standard InChI is InChI=1S/C23H40O4/c1-5-6-7-10-19(24)14-12-18-13-15-21-20(18)16-23(3,27-21)17(2)9-8-11-22(25)26-4/h12,14,17-21,24H,5-11,13,15-16H2,1-4H3/b14-12+/t17?,18-,19-,20+,21-,23?/m0/s1. The van der Waals surface area contributed by atoms with Crippen LogP contribution in [0, 0.1) is 17.8 Å². The lowest BCUT2D eigenvalue weighted by molar-refractivity contribution is -0.141. The van der Waals surface area contributed by atoms with Gasteiger partial charge in [-0.15, -0.1) is 0 Å². The summed E-state index contributed by atoms with van der Waals surface area (Å²) in [5.41, 5.74) is -0.0995. The smallest absolute Gasteiger partial charge is 0.305 e. The van der Waals surface area contributed by atoms with E-state index >= 15 is 0 Å². The lowest BCUT2D eigenvalue weighted by atomic mass is 9.79. The Labute approximate surface area is 165 Å². The van der Waals surface area contributed by atoms with Gasteiger partial charge in [0.05, 0.1) is 24.9 Å². The van der Waals surface area contributed by atoms with E-state index in [9.17, 15) is 9.90 Å². The van der Waals surface area contributed by atoms with Crippen LogP contribution in [0.15, 0.2) is 12.2 Å². The highest BCUT2D eigenvalue weighted by atomic mass is 16.5. The number of methoxy groups -OCH3 is 1. The number of aliphatic hydroxyl groups excluding tert-OH is 1. The molecule has 1 aliphatic heterocycles. The van der Waals surface area contributed by atoms with Gasteiger partial charge in [-0.1, -0.05) is 45.3 Å². The zero-order valence-corrected chi connectivity index (χ0v) is 17.8. The summed E-state index contributed by atoms with van der Waals surface area (Å²) in [7, 11) is 1.45. The van der Waals surface area contributed by atoms with Crippen molar-refractivity contribution in [2.45, 2.75) is 103 Å². The highest BCUT2D eigenvalue weighted by Gasteiger charge is 2.50. The van der Waals surface area contributed by atoms with Gasteiger partial charge in [0.15, 0.2) is 0 Å². The Bertz CT molecular complexity index is 489. The largest absolute Gasteiger partial charge is 0.469 e. The van der Waals surface area contributed by atoms with Crippen LogP contribution in [-0.4, -0.2) is 36.0 Å². The van der Waals surface area contributed by atoms with E-state index in [1.165, 1.54) is 26.4 Å². The van der Waals surface area contributed by atoms with Crippen molar-refractivity contribution >= 4 is 5.97 Å². The van der Waals surface area contributed by atoms with Gasteiger partial charge in [-0.2, -0.15) is 0 Å². The summed E-state index contributed by atoms with van der Waals surface area (Å²) in [6.07, 6.45) is 14.4. The molecule has 0 radical (unpaired) electrons. The maximum Gasteiger partial charge on any atom is 0.305 e. The van der Waals surface area contributed by atoms with Crippen LogP contribution < -0.4 is 0 Å². The van der Waals surface area contributed by atoms with Crippen LogP contribution in [0.3, 0.4) is 0 Å². The van der Waals surface area contributed by atoms with Crippen molar-refractivity contribution in [2.24, 2.45) is 17.8 Å². The minimum absolute atomic E-state index is 0.0995. The quantitative estimate of drug-likeness (QED) is 0.310. The molecule has 2 unspecified atom stereocenters. The number of aliphatic hydroxyl groups is 1. The Balaban J connectivity index is 1.82. The van der Waals surface area contributed by atoms with Crippen LogP contribution in [0.25, 0.3) is 0 Å². The first-order valence-electron chi connectivity index (χ1n) is 11.0. The highest BCUT2D eigenvalue weighted by Crippen LogP contribution is 2.51. The van der Waals surface area contributed by atoms with E-state index in [0.29, 0.717) is 30.3 Å². The molecule has 2 rings (SSSR count). The number of fused-ring (bicyclic) bond motifs is 1. The number of carbonyl (C=O) groups is 1. The molecule has 1 saturated heterocycles. The van der Waals surface area contributed by atoms with Crippen molar-refractivity contribution in [2.75, 3.05) is 7.11 Å². The van der Waals surface area contributed by atoms with E-state index in [1.807, 2.05) is 6.08 Å². The number of hydrogen-bond donors (Lipinski definition) is 1. The van der Waals surface area contributed by atoms with Crippen LogP contribution in [0.5, 0.6) is 0 Å². The Morgan fingerprint density at radius 2 is 2.07 bits per heavy atom. The molecule has 0 bridgehead atoms. The van der Waals surface area contributed by atoms with E-state index in [4.69, 9.17) is 9.47 Å². The fourth-order valence-corrected chi connectivity index (χ4v) is 4.84. The van der Waals surface area contributed by atoms with Crippen molar-refractivity contribution in [3.63, 3.8) is 0 Å². The summed E-state index contributed by atoms with van der Waals surface area (Å²) in [5.74, 6) is 1.40. The molecular formula is C23H40O4. The molecule has 2 aliphatic rings. The molecule has 4 heteroatoms. The fraction of sp³-hybridized carbons (Fsp3) is 0.870. The first-order chi connectivity index (χ1) is 12.9. The average molecular weight is 381 g/mol. The van der Waals surface area contributed by atoms with Crippen molar-refractivity contribution in [1.82, 2.24) is 0 Å². The Morgan fingerprint density at radius 3 is 2.78 bits per heavy atom. The van der Waals surface area contributed by atoms with Gasteiger partial charge in [0.1, 0.15) is 0 Å². The number of carbonyl (C=O) groups excluding carboxylic acids is 1. The molecule has 0 aromatic carbocycles. The molecule has 1 aliphatic carbocycles. The third kappa shape index (κ3) is 6.32. The van der Waals surface area contributed by atoms with Crippen LogP contribution >= 0.6 is 0 Å². The van der Waals surface area contributed by atoms with Gasteiger partial charge in [-0.3, -0.25) is 4.79 Å². The van der Waals surface area contributed by atoms with Crippen LogP contribution in [0.1, 0.15) is 85.0 Å². The molecule has 1 saturated carbocycles. The van der Waals surface area contributed by atoms with E-state index in [0.717, 1.165) is 38.5 Å². The van der Waals surface area contributed by atoms with Crippen LogP contribution in [0.4, 0.5) is 0 Å². The van der Waals surface area contributed by atoms with E-state index < -0.39 is 0 Å². The minimum atomic E-state index is -0.304. The van der Waals surface area contributed by atoms with E-state index in [2.05, 4.69) is 26.8 Å². The molecule has 27 heavy (non-hydrogen) atoms. The topological polar surface area (TPSA) is 55.8 Å². The van der Waals surface area contributed by atoms with Gasteiger partial charge in [-0.25, -0.2) is 0 Å². The predicted molar refractivity (Wildman–Crippen MR) is 108 cm³/mol. The number of allylic oxidation sites excluding steroid dienone is 1. The molecule has 6 atom stereocenters. The second kappa shape index (κ2) is 10.6. The lowest BCUT2D eigenvalue weighted by Crippen LogP contribution is -2.33. The monoisotopic (exact) mass is 380 g/mol. The molecule has 2 fully saturated rings.